The van der Waals surface area contributed by atoms with E-state index in [0.29, 0.717) is 35.0 Å². The summed E-state index contributed by atoms with van der Waals surface area (Å²) in [4.78, 5) is 7.00. The van der Waals surface area contributed by atoms with Gasteiger partial charge in [0.1, 0.15) is 5.84 Å². The van der Waals surface area contributed by atoms with E-state index in [0.717, 1.165) is 12.0 Å². The average Bonchev–Trinajstić information content (AvgIpc) is 2.92. The lowest BCUT2D eigenvalue weighted by atomic mass is 10.1. The van der Waals surface area contributed by atoms with Gasteiger partial charge in [-0.25, -0.2) is 26.6 Å². The summed E-state index contributed by atoms with van der Waals surface area (Å²) in [7, 11) is -7.01. The van der Waals surface area contributed by atoms with Gasteiger partial charge in [-0.15, -0.1) is 0 Å². The Bertz CT molecular complexity index is 1140. The van der Waals surface area contributed by atoms with Crippen LogP contribution in [0.3, 0.4) is 0 Å². The third kappa shape index (κ3) is 5.86. The minimum atomic E-state index is -3.60. The van der Waals surface area contributed by atoms with Gasteiger partial charge in [0.05, 0.1) is 15.9 Å². The van der Waals surface area contributed by atoms with Crippen LogP contribution in [-0.2, 0) is 26.4 Å². The van der Waals surface area contributed by atoms with Gasteiger partial charge < -0.3 is 10.6 Å². The van der Waals surface area contributed by atoms with Crippen molar-refractivity contribution in [3.8, 4) is 0 Å². The Morgan fingerprint density at radius 1 is 1.31 bits per heavy atom. The first-order valence-electron chi connectivity index (χ1n) is 10.8. The summed E-state index contributed by atoms with van der Waals surface area (Å²) in [5, 5.41) is -0.696. The topological polar surface area (TPSA) is 122 Å². The molecule has 176 valence electrons. The van der Waals surface area contributed by atoms with Crippen LogP contribution in [0, 0.1) is 0 Å². The first-order chi connectivity index (χ1) is 15.2. The van der Waals surface area contributed by atoms with E-state index in [1.165, 1.54) is 0 Å². The quantitative estimate of drug-likeness (QED) is 0.642. The van der Waals surface area contributed by atoms with Crippen LogP contribution in [0.1, 0.15) is 38.7 Å². The number of sulfone groups is 1. The highest BCUT2D eigenvalue weighted by molar-refractivity contribution is 7.91. The molecule has 3 N–H and O–H groups in total. The molecule has 2 aliphatic rings. The van der Waals surface area contributed by atoms with E-state index in [2.05, 4.69) is 11.6 Å². The standard InChI is InChI=1S/C22H32N4O4S2/c1-3-17(2)8-9-19-14-20(32(29,30)24-11-10-23)15-22(25-19)26-12-13-31(27,28)21-7-5-4-6-18(21)16-26/h4-9,20,24H,3,10-16,23H2,1-2H3/b17-8-,19-9+/t20-/m1/s1. The van der Waals surface area contributed by atoms with Gasteiger partial charge in [-0.3, -0.25) is 0 Å². The lowest BCUT2D eigenvalue weighted by Gasteiger charge is -2.31. The van der Waals surface area contributed by atoms with Crippen LogP contribution in [0.5, 0.6) is 0 Å². The number of nitrogens with zero attached hydrogens (tertiary/aromatic N) is 2. The summed E-state index contributed by atoms with van der Waals surface area (Å²) in [6.45, 7) is 5.09. The summed E-state index contributed by atoms with van der Waals surface area (Å²) in [6, 6.07) is 6.97. The third-order valence-corrected chi connectivity index (χ3v) is 9.39. The molecule has 0 unspecified atom stereocenters. The number of sulfonamides is 1. The fourth-order valence-corrected chi connectivity index (χ4v) is 6.64. The van der Waals surface area contributed by atoms with E-state index >= 15 is 0 Å². The molecule has 0 spiro atoms. The smallest absolute Gasteiger partial charge is 0.215 e. The second kappa shape index (κ2) is 10.3. The van der Waals surface area contributed by atoms with Crippen molar-refractivity contribution in [3.63, 3.8) is 0 Å². The zero-order chi connectivity index (χ0) is 23.4. The summed E-state index contributed by atoms with van der Waals surface area (Å²) < 4.78 is 53.9. The number of aliphatic imine (C=N–C) groups is 1. The van der Waals surface area contributed by atoms with Gasteiger partial charge in [0.2, 0.25) is 10.0 Å². The minimum Gasteiger partial charge on any atom is -0.355 e. The zero-order valence-corrected chi connectivity index (χ0v) is 20.3. The van der Waals surface area contributed by atoms with Crippen molar-refractivity contribution in [2.24, 2.45) is 10.7 Å². The maximum absolute atomic E-state index is 12.9. The number of benzene rings is 1. The molecular weight excluding hydrogens is 448 g/mol. The van der Waals surface area contributed by atoms with Gasteiger partial charge in [-0.1, -0.05) is 36.8 Å². The molecule has 0 fully saturated rings. The predicted octanol–water partition coefficient (Wildman–Crippen LogP) is 1.96. The highest BCUT2D eigenvalue weighted by Gasteiger charge is 2.34. The molecule has 0 aromatic heterocycles. The molecule has 1 aromatic carbocycles. The molecule has 0 radical (unpaired) electrons. The van der Waals surface area contributed by atoms with E-state index in [1.54, 1.807) is 18.2 Å². The largest absolute Gasteiger partial charge is 0.355 e. The Labute approximate surface area is 191 Å². The predicted molar refractivity (Wildman–Crippen MR) is 127 cm³/mol. The van der Waals surface area contributed by atoms with Gasteiger partial charge in [0, 0.05) is 44.7 Å². The maximum atomic E-state index is 12.9. The van der Waals surface area contributed by atoms with Gasteiger partial charge in [0.15, 0.2) is 9.84 Å². The van der Waals surface area contributed by atoms with Crippen molar-refractivity contribution < 1.29 is 16.8 Å². The number of nitrogens with one attached hydrogen (secondary N) is 1. The highest BCUT2D eigenvalue weighted by atomic mass is 32.2. The van der Waals surface area contributed by atoms with Crippen molar-refractivity contribution in [3.05, 3.63) is 53.3 Å². The normalized spacial score (nSPS) is 22.9. The molecule has 0 saturated heterocycles. The van der Waals surface area contributed by atoms with Gasteiger partial charge >= 0.3 is 0 Å². The number of allylic oxidation sites excluding steroid dienone is 4. The first-order valence-corrected chi connectivity index (χ1v) is 14.0. The van der Waals surface area contributed by atoms with Crippen LogP contribution in [-0.4, -0.2) is 58.2 Å². The zero-order valence-electron chi connectivity index (χ0n) is 18.6. The molecule has 2 aliphatic heterocycles. The number of amidine groups is 1. The number of fused-ring (bicyclic) bond motifs is 1. The van der Waals surface area contributed by atoms with E-state index in [9.17, 15) is 16.8 Å². The summed E-state index contributed by atoms with van der Waals surface area (Å²) in [6.07, 6.45) is 5.23. The lowest BCUT2D eigenvalue weighted by molar-refractivity contribution is 0.421. The van der Waals surface area contributed by atoms with E-state index < -0.39 is 25.1 Å². The molecule has 10 heteroatoms. The summed E-state index contributed by atoms with van der Waals surface area (Å²) >= 11 is 0. The van der Waals surface area contributed by atoms with Crippen LogP contribution in [0.15, 0.2) is 57.6 Å². The van der Waals surface area contributed by atoms with Crippen molar-refractivity contribution >= 4 is 25.7 Å². The number of hydrogen-bond donors (Lipinski definition) is 2. The van der Waals surface area contributed by atoms with Crippen molar-refractivity contribution in [2.45, 2.75) is 49.8 Å². The SMILES string of the molecule is CC/C(C)=C\C=C1/C[C@@H](S(=O)(=O)NCCN)CC(N2CCS(=O)(=O)c3ccccc3C2)=N1. The number of rotatable bonds is 6. The Balaban J connectivity index is 1.98. The van der Waals surface area contributed by atoms with E-state index in [1.807, 2.05) is 30.0 Å². The minimum absolute atomic E-state index is 0.0419. The van der Waals surface area contributed by atoms with Gasteiger partial charge in [-0.2, -0.15) is 0 Å². The molecule has 1 atom stereocenters. The molecule has 32 heavy (non-hydrogen) atoms. The maximum Gasteiger partial charge on any atom is 0.215 e. The third-order valence-electron chi connectivity index (χ3n) is 5.79. The summed E-state index contributed by atoms with van der Waals surface area (Å²) in [5.74, 6) is 0.555. The van der Waals surface area contributed by atoms with Crippen LogP contribution in [0.2, 0.25) is 0 Å². The fourth-order valence-electron chi connectivity index (χ4n) is 3.75. The molecule has 2 heterocycles. The number of nitrogens with two attached hydrogens (primary N) is 1. The molecule has 0 amide bonds. The van der Waals surface area contributed by atoms with E-state index in [-0.39, 0.29) is 31.8 Å². The Kier molecular flexibility index (Phi) is 7.92. The van der Waals surface area contributed by atoms with E-state index in [4.69, 9.17) is 10.7 Å². The molecule has 0 aliphatic carbocycles. The average molecular weight is 481 g/mol. The van der Waals surface area contributed by atoms with Crippen LogP contribution in [0.4, 0.5) is 0 Å². The van der Waals surface area contributed by atoms with Gasteiger partial charge in [-0.05, 0) is 31.1 Å². The van der Waals surface area contributed by atoms with Crippen LogP contribution in [0.25, 0.3) is 0 Å². The highest BCUT2D eigenvalue weighted by Crippen LogP contribution is 2.28. The second-order valence-electron chi connectivity index (χ2n) is 8.16. The second-order valence-corrected chi connectivity index (χ2v) is 12.3. The Morgan fingerprint density at radius 2 is 2.06 bits per heavy atom. The monoisotopic (exact) mass is 480 g/mol. The molecular formula is C22H32N4O4S2. The fraction of sp³-hybridized carbons (Fsp3) is 0.500. The molecule has 0 saturated carbocycles. The van der Waals surface area contributed by atoms with Crippen molar-refractivity contribution in [2.75, 3.05) is 25.4 Å². The Hall–Kier alpha value is -2.01. The molecule has 1 aromatic rings. The summed E-state index contributed by atoms with van der Waals surface area (Å²) in [5.41, 5.74) is 8.02. The van der Waals surface area contributed by atoms with Gasteiger partial charge in [0.25, 0.3) is 0 Å². The van der Waals surface area contributed by atoms with Crippen LogP contribution < -0.4 is 10.5 Å². The Morgan fingerprint density at radius 3 is 2.78 bits per heavy atom. The first kappa shape index (κ1) is 24.6. The van der Waals surface area contributed by atoms with Crippen molar-refractivity contribution in [1.82, 2.24) is 9.62 Å². The molecule has 0 bridgehead atoms. The number of hydrogen-bond acceptors (Lipinski definition) is 7. The van der Waals surface area contributed by atoms with Crippen molar-refractivity contribution in [1.29, 1.82) is 0 Å². The van der Waals surface area contributed by atoms with Crippen LogP contribution >= 0.6 is 0 Å². The molecule has 8 nitrogen and oxygen atoms in total. The molecule has 3 rings (SSSR count). The lowest BCUT2D eigenvalue weighted by Crippen LogP contribution is -2.43.